The number of aromatic nitrogens is 4. The number of rotatable bonds is 13. The highest BCUT2D eigenvalue weighted by Gasteiger charge is 2.37. The lowest BCUT2D eigenvalue weighted by molar-refractivity contribution is -0.136. The summed E-state index contributed by atoms with van der Waals surface area (Å²) in [6.45, 7) is 8.18. The number of ether oxygens (including phenoxy) is 3. The SMILES string of the molecule is CCCN(Cc1ncc(-c2ccc(-c3ccc4c(ccc5[nH]c(C6SCCN6C(=O)C(C=C(C)C)NC(=O)OC)nc54)c3)cc2)[nH]1)C(=O)C(NC(=O)OC)C1CCOCC1. The molecule has 60 heavy (non-hydrogen) atoms. The van der Waals surface area contributed by atoms with Crippen molar-refractivity contribution in [3.63, 3.8) is 0 Å². The lowest BCUT2D eigenvalue weighted by Crippen LogP contribution is -2.53. The summed E-state index contributed by atoms with van der Waals surface area (Å²) in [7, 11) is 2.57. The van der Waals surface area contributed by atoms with Gasteiger partial charge in [0.1, 0.15) is 29.1 Å². The van der Waals surface area contributed by atoms with Crippen molar-refractivity contribution >= 4 is 57.6 Å². The van der Waals surface area contributed by atoms with E-state index in [4.69, 9.17) is 19.2 Å². The largest absolute Gasteiger partial charge is 0.453 e. The first-order valence-electron chi connectivity index (χ1n) is 20.3. The molecule has 2 aliphatic rings. The van der Waals surface area contributed by atoms with Crippen molar-refractivity contribution in [2.45, 2.75) is 64.0 Å². The van der Waals surface area contributed by atoms with E-state index in [9.17, 15) is 19.2 Å². The van der Waals surface area contributed by atoms with Crippen LogP contribution in [-0.4, -0.2) is 112 Å². The topological polar surface area (TPSA) is 184 Å². The lowest BCUT2D eigenvalue weighted by Gasteiger charge is -2.33. The summed E-state index contributed by atoms with van der Waals surface area (Å²) in [6, 6.07) is 17.1. The average molecular weight is 837 g/mol. The van der Waals surface area contributed by atoms with E-state index in [2.05, 4.69) is 62.0 Å². The van der Waals surface area contributed by atoms with Crippen LogP contribution >= 0.6 is 11.8 Å². The first-order valence-corrected chi connectivity index (χ1v) is 21.3. The molecule has 2 saturated heterocycles. The van der Waals surface area contributed by atoms with E-state index in [0.29, 0.717) is 50.8 Å². The fraction of sp³-hybridized carbons (Fsp3) is 0.409. The van der Waals surface area contributed by atoms with Crippen LogP contribution in [-0.2, 0) is 30.3 Å². The van der Waals surface area contributed by atoms with Crippen LogP contribution in [0.25, 0.3) is 44.2 Å². The Balaban J connectivity index is 1.06. The van der Waals surface area contributed by atoms with Crippen LogP contribution in [0.5, 0.6) is 0 Å². The van der Waals surface area contributed by atoms with Crippen molar-refractivity contribution < 1.29 is 33.4 Å². The molecular formula is C44H52N8O7S. The van der Waals surface area contributed by atoms with Gasteiger partial charge in [0, 0.05) is 37.4 Å². The van der Waals surface area contributed by atoms with Crippen molar-refractivity contribution in [3.8, 4) is 22.4 Å². The van der Waals surface area contributed by atoms with Crippen LogP contribution in [0.3, 0.4) is 0 Å². The third-order valence-electron chi connectivity index (χ3n) is 10.9. The first kappa shape index (κ1) is 42.3. The predicted molar refractivity (Wildman–Crippen MR) is 231 cm³/mol. The summed E-state index contributed by atoms with van der Waals surface area (Å²) in [5.74, 6) is 1.65. The number of carbonyl (C=O) groups excluding carboxylic acids is 4. The van der Waals surface area contributed by atoms with Crippen molar-refractivity contribution in [3.05, 3.63) is 84.1 Å². The molecule has 0 radical (unpaired) electrons. The molecule has 0 bridgehead atoms. The Morgan fingerprint density at radius 1 is 0.967 bits per heavy atom. The molecule has 2 aromatic heterocycles. The third-order valence-corrected chi connectivity index (χ3v) is 12.1. The Hall–Kier alpha value is -5.87. The molecule has 4 N–H and O–H groups in total. The van der Waals surface area contributed by atoms with Gasteiger partial charge < -0.3 is 44.6 Å². The van der Waals surface area contributed by atoms with Crippen molar-refractivity contribution in [2.75, 3.05) is 46.3 Å². The van der Waals surface area contributed by atoms with Crippen LogP contribution in [0.1, 0.15) is 57.1 Å². The van der Waals surface area contributed by atoms with E-state index in [1.165, 1.54) is 14.2 Å². The molecule has 0 saturated carbocycles. The summed E-state index contributed by atoms with van der Waals surface area (Å²) in [5.41, 5.74) is 6.48. The maximum absolute atomic E-state index is 13.9. The Bertz CT molecular complexity index is 2370. The zero-order valence-electron chi connectivity index (χ0n) is 34.6. The van der Waals surface area contributed by atoms with Crippen LogP contribution in [0.4, 0.5) is 9.59 Å². The summed E-state index contributed by atoms with van der Waals surface area (Å²) in [6.07, 6.45) is 4.32. The number of allylic oxidation sites excluding steroid dienone is 1. The summed E-state index contributed by atoms with van der Waals surface area (Å²) >= 11 is 1.63. The molecule has 16 heteroatoms. The maximum Gasteiger partial charge on any atom is 0.407 e. The molecule has 4 amide bonds. The standard InChI is InChI=1S/C44H52N8O7S/c1-6-17-51(41(54)37(50-44(56)58-5)29-15-19-59-20-16-29)25-36-45-24-35(46-36)28-9-7-27(8-10-28)30-11-13-32-31(23-30)12-14-33-38(32)49-39(47-33)42-52(18-21-60-42)40(53)34(22-26(2)3)48-43(55)57-4/h7-14,22-24,29,34,37,42H,6,15-21,25H2,1-5H3,(H,45,46)(H,47,49)(H,48,55)(H,50,56). The van der Waals surface area contributed by atoms with Crippen molar-refractivity contribution in [1.29, 1.82) is 0 Å². The number of alkyl carbamates (subject to hydrolysis) is 2. The number of benzene rings is 3. The van der Waals surface area contributed by atoms with Gasteiger partial charge in [0.15, 0.2) is 0 Å². The van der Waals surface area contributed by atoms with Crippen LogP contribution < -0.4 is 10.6 Å². The molecule has 15 nitrogen and oxygen atoms in total. The maximum atomic E-state index is 13.9. The number of thioether (sulfide) groups is 1. The predicted octanol–water partition coefficient (Wildman–Crippen LogP) is 6.93. The Kier molecular flexibility index (Phi) is 13.4. The van der Waals surface area contributed by atoms with Gasteiger partial charge in [-0.2, -0.15) is 0 Å². The molecule has 7 rings (SSSR count). The quantitative estimate of drug-likeness (QED) is 0.0908. The van der Waals surface area contributed by atoms with E-state index in [0.717, 1.165) is 61.9 Å². The number of hydrogen-bond acceptors (Lipinski definition) is 10. The average Bonchev–Trinajstić information content (AvgIpc) is 4.05. The molecule has 3 unspecified atom stereocenters. The molecule has 0 aliphatic carbocycles. The Morgan fingerprint density at radius 3 is 2.40 bits per heavy atom. The highest BCUT2D eigenvalue weighted by atomic mass is 32.2. The zero-order valence-corrected chi connectivity index (χ0v) is 35.4. The Morgan fingerprint density at radius 2 is 1.68 bits per heavy atom. The van der Waals surface area contributed by atoms with Gasteiger partial charge in [-0.3, -0.25) is 9.59 Å². The van der Waals surface area contributed by atoms with Crippen LogP contribution in [0.2, 0.25) is 0 Å². The lowest BCUT2D eigenvalue weighted by atomic mass is 9.90. The molecule has 2 fully saturated rings. The van der Waals surface area contributed by atoms with Gasteiger partial charge in [0.25, 0.3) is 5.91 Å². The van der Waals surface area contributed by atoms with E-state index in [-0.39, 0.29) is 29.7 Å². The highest BCUT2D eigenvalue weighted by molar-refractivity contribution is 7.99. The molecule has 3 aromatic carbocycles. The number of amides is 4. The first-order chi connectivity index (χ1) is 29.1. The minimum Gasteiger partial charge on any atom is -0.453 e. The van der Waals surface area contributed by atoms with Gasteiger partial charge in [0.05, 0.1) is 43.7 Å². The number of imidazole rings is 2. The number of fused-ring (bicyclic) bond motifs is 3. The molecule has 3 atom stereocenters. The number of hydrogen-bond donors (Lipinski definition) is 4. The summed E-state index contributed by atoms with van der Waals surface area (Å²) in [5, 5.41) is 7.14. The smallest absolute Gasteiger partial charge is 0.407 e. The van der Waals surface area contributed by atoms with Gasteiger partial charge in [-0.1, -0.05) is 61.0 Å². The molecular weight excluding hydrogens is 785 g/mol. The van der Waals surface area contributed by atoms with Crippen LogP contribution in [0.15, 0.2) is 72.4 Å². The van der Waals surface area contributed by atoms with E-state index in [1.807, 2.05) is 39.0 Å². The van der Waals surface area contributed by atoms with Gasteiger partial charge in [-0.05, 0) is 73.2 Å². The zero-order chi connectivity index (χ0) is 42.3. The molecule has 0 spiro atoms. The molecule has 2 aliphatic heterocycles. The molecule has 5 aromatic rings. The highest BCUT2D eigenvalue weighted by Crippen LogP contribution is 2.39. The van der Waals surface area contributed by atoms with Crippen molar-refractivity contribution in [1.82, 2.24) is 40.4 Å². The second-order valence-corrected chi connectivity index (χ2v) is 16.5. The fourth-order valence-electron chi connectivity index (χ4n) is 7.87. The van der Waals surface area contributed by atoms with Gasteiger partial charge in [-0.15, -0.1) is 11.8 Å². The molecule has 316 valence electrons. The minimum absolute atomic E-state index is 0.0471. The minimum atomic E-state index is -0.850. The van der Waals surface area contributed by atoms with Gasteiger partial charge in [-0.25, -0.2) is 19.6 Å². The Labute approximate surface area is 353 Å². The van der Waals surface area contributed by atoms with Crippen LogP contribution in [0, 0.1) is 5.92 Å². The monoisotopic (exact) mass is 836 g/mol. The number of methoxy groups -OCH3 is 2. The number of H-pyrrole nitrogens is 2. The summed E-state index contributed by atoms with van der Waals surface area (Å²) < 4.78 is 15.1. The second-order valence-electron chi connectivity index (χ2n) is 15.3. The number of aromatic amines is 2. The second kappa shape index (κ2) is 19.0. The van der Waals surface area contributed by atoms with E-state index >= 15 is 0 Å². The normalized spacial score (nSPS) is 16.6. The fourth-order valence-corrected chi connectivity index (χ4v) is 9.06. The number of carbonyl (C=O) groups is 4. The van der Waals surface area contributed by atoms with E-state index < -0.39 is 24.3 Å². The molecule has 4 heterocycles. The van der Waals surface area contributed by atoms with Gasteiger partial charge >= 0.3 is 12.2 Å². The number of nitrogens with zero attached hydrogens (tertiary/aromatic N) is 4. The van der Waals surface area contributed by atoms with Crippen molar-refractivity contribution in [2.24, 2.45) is 5.92 Å². The number of nitrogens with one attached hydrogen (secondary N) is 4. The summed E-state index contributed by atoms with van der Waals surface area (Å²) in [4.78, 5) is 71.9. The third kappa shape index (κ3) is 9.44. The van der Waals surface area contributed by atoms with E-state index in [1.54, 1.807) is 33.8 Å². The van der Waals surface area contributed by atoms with Gasteiger partial charge in [0.2, 0.25) is 5.91 Å².